The summed E-state index contributed by atoms with van der Waals surface area (Å²) in [4.78, 5) is 25.5. The Morgan fingerprint density at radius 1 is 1.38 bits per heavy atom. The second-order valence-electron chi connectivity index (χ2n) is 5.36. The van der Waals surface area contributed by atoms with Crippen molar-refractivity contribution >= 4 is 11.8 Å². The van der Waals surface area contributed by atoms with E-state index in [1.165, 1.54) is 12.1 Å². The number of piperazine rings is 1. The fourth-order valence-corrected chi connectivity index (χ4v) is 2.86. The summed E-state index contributed by atoms with van der Waals surface area (Å²) >= 11 is 0. The van der Waals surface area contributed by atoms with Gasteiger partial charge in [0, 0.05) is 6.04 Å². The summed E-state index contributed by atoms with van der Waals surface area (Å²) < 4.78 is 13.1. The number of hydrogen-bond acceptors (Lipinski definition) is 4. The Kier molecular flexibility index (Phi) is 4.69. The van der Waals surface area contributed by atoms with E-state index in [-0.39, 0.29) is 36.3 Å². The van der Waals surface area contributed by atoms with Crippen LogP contribution in [0.2, 0.25) is 0 Å². The molecule has 0 aromatic heterocycles. The lowest BCUT2D eigenvalue weighted by molar-refractivity contribution is -0.142. The Labute approximate surface area is 123 Å². The first-order chi connectivity index (χ1) is 9.93. The number of nitrogens with one attached hydrogen (secondary N) is 1. The van der Waals surface area contributed by atoms with Gasteiger partial charge in [0.15, 0.2) is 0 Å². The highest BCUT2D eigenvalue weighted by Gasteiger charge is 2.38. The van der Waals surface area contributed by atoms with E-state index in [0.29, 0.717) is 6.42 Å². The zero-order chi connectivity index (χ0) is 15.6. The van der Waals surface area contributed by atoms with Gasteiger partial charge in [-0.2, -0.15) is 0 Å². The van der Waals surface area contributed by atoms with Crippen LogP contribution in [-0.2, 0) is 9.59 Å². The predicted molar refractivity (Wildman–Crippen MR) is 76.7 cm³/mol. The van der Waals surface area contributed by atoms with Crippen LogP contribution in [0.15, 0.2) is 24.3 Å². The van der Waals surface area contributed by atoms with E-state index in [9.17, 15) is 14.0 Å². The molecule has 3 N–H and O–H groups in total. The molecule has 0 spiro atoms. The smallest absolute Gasteiger partial charge is 0.243 e. The molecule has 0 radical (unpaired) electrons. The monoisotopic (exact) mass is 293 g/mol. The van der Waals surface area contributed by atoms with Crippen LogP contribution in [0.4, 0.5) is 4.39 Å². The maximum absolute atomic E-state index is 13.1. The van der Waals surface area contributed by atoms with Crippen LogP contribution in [0.25, 0.3) is 0 Å². The van der Waals surface area contributed by atoms with Gasteiger partial charge < -0.3 is 5.73 Å². The summed E-state index contributed by atoms with van der Waals surface area (Å²) in [5.41, 5.74) is 6.87. The maximum atomic E-state index is 13.1. The predicted octanol–water partition coefficient (Wildman–Crippen LogP) is 0.951. The fourth-order valence-electron chi connectivity index (χ4n) is 2.86. The SMILES string of the molecule is CCC1C(=O)NC(=O)CN1C(c1ccc(F)cc1)C(C)N. The number of carbonyl (C=O) groups is 2. The Morgan fingerprint density at radius 3 is 2.52 bits per heavy atom. The topological polar surface area (TPSA) is 75.4 Å². The summed E-state index contributed by atoms with van der Waals surface area (Å²) in [5.74, 6) is -0.972. The molecule has 2 rings (SSSR count). The van der Waals surface area contributed by atoms with Crippen molar-refractivity contribution < 1.29 is 14.0 Å². The van der Waals surface area contributed by atoms with Crippen molar-refractivity contribution in [3.63, 3.8) is 0 Å². The Morgan fingerprint density at radius 2 is 2.00 bits per heavy atom. The zero-order valence-corrected chi connectivity index (χ0v) is 12.2. The third-order valence-electron chi connectivity index (χ3n) is 3.75. The van der Waals surface area contributed by atoms with E-state index in [0.717, 1.165) is 5.56 Å². The van der Waals surface area contributed by atoms with Crippen LogP contribution in [0.1, 0.15) is 31.9 Å². The van der Waals surface area contributed by atoms with Crippen LogP contribution in [0.3, 0.4) is 0 Å². The molecule has 0 aliphatic carbocycles. The van der Waals surface area contributed by atoms with Crippen molar-refractivity contribution in [2.45, 2.75) is 38.4 Å². The van der Waals surface area contributed by atoms with Gasteiger partial charge in [-0.3, -0.25) is 19.8 Å². The fraction of sp³-hybridized carbons (Fsp3) is 0.467. The molecule has 21 heavy (non-hydrogen) atoms. The second kappa shape index (κ2) is 6.32. The molecule has 3 atom stereocenters. The van der Waals surface area contributed by atoms with E-state index >= 15 is 0 Å². The average molecular weight is 293 g/mol. The number of halogens is 1. The number of imide groups is 1. The molecule has 5 nitrogen and oxygen atoms in total. The first kappa shape index (κ1) is 15.6. The molecular formula is C15H20FN3O2. The van der Waals surface area contributed by atoms with Gasteiger partial charge in [-0.25, -0.2) is 4.39 Å². The van der Waals surface area contributed by atoms with Gasteiger partial charge in [0.2, 0.25) is 11.8 Å². The minimum Gasteiger partial charge on any atom is -0.326 e. The standard InChI is InChI=1S/C15H20FN3O2/c1-3-12-15(21)18-13(20)8-19(12)14(9(2)17)10-4-6-11(16)7-5-10/h4-7,9,12,14H,3,8,17H2,1-2H3,(H,18,20,21). The number of nitrogens with zero attached hydrogens (tertiary/aromatic N) is 1. The van der Waals surface area contributed by atoms with Gasteiger partial charge >= 0.3 is 0 Å². The summed E-state index contributed by atoms with van der Waals surface area (Å²) in [6.07, 6.45) is 0.573. The molecule has 1 fully saturated rings. The third-order valence-corrected chi connectivity index (χ3v) is 3.75. The van der Waals surface area contributed by atoms with Crippen LogP contribution < -0.4 is 11.1 Å². The lowest BCUT2D eigenvalue weighted by atomic mass is 9.95. The van der Waals surface area contributed by atoms with Gasteiger partial charge in [0.05, 0.1) is 18.6 Å². The molecule has 1 aliphatic heterocycles. The van der Waals surface area contributed by atoms with Crippen molar-refractivity contribution in [1.29, 1.82) is 0 Å². The van der Waals surface area contributed by atoms with E-state index < -0.39 is 6.04 Å². The number of amides is 2. The maximum Gasteiger partial charge on any atom is 0.243 e. The summed E-state index contributed by atoms with van der Waals surface area (Å²) in [5, 5.41) is 2.34. The van der Waals surface area contributed by atoms with Crippen LogP contribution in [0.5, 0.6) is 0 Å². The highest BCUT2D eigenvalue weighted by molar-refractivity contribution is 6.01. The molecule has 0 bridgehead atoms. The molecule has 0 saturated carbocycles. The lowest BCUT2D eigenvalue weighted by Gasteiger charge is -2.41. The normalized spacial score (nSPS) is 22.8. The number of hydrogen-bond donors (Lipinski definition) is 2. The van der Waals surface area contributed by atoms with E-state index in [1.807, 2.05) is 13.8 Å². The van der Waals surface area contributed by atoms with Crippen molar-refractivity contribution in [2.75, 3.05) is 6.54 Å². The molecular weight excluding hydrogens is 273 g/mol. The van der Waals surface area contributed by atoms with Gasteiger partial charge in [-0.1, -0.05) is 19.1 Å². The number of benzene rings is 1. The Bertz CT molecular complexity index is 530. The average Bonchev–Trinajstić information content (AvgIpc) is 2.40. The molecule has 1 saturated heterocycles. The van der Waals surface area contributed by atoms with Crippen molar-refractivity contribution in [3.8, 4) is 0 Å². The third kappa shape index (κ3) is 3.28. The summed E-state index contributed by atoms with van der Waals surface area (Å²) in [6.45, 7) is 3.81. The molecule has 6 heteroatoms. The quantitative estimate of drug-likeness (QED) is 0.811. The van der Waals surface area contributed by atoms with Crippen LogP contribution >= 0.6 is 0 Å². The zero-order valence-electron chi connectivity index (χ0n) is 12.2. The molecule has 1 aromatic rings. The Hall–Kier alpha value is -1.79. The molecule has 114 valence electrons. The van der Waals surface area contributed by atoms with Crippen LogP contribution in [0, 0.1) is 5.82 Å². The second-order valence-corrected chi connectivity index (χ2v) is 5.36. The van der Waals surface area contributed by atoms with Crippen molar-refractivity contribution in [3.05, 3.63) is 35.6 Å². The largest absolute Gasteiger partial charge is 0.326 e. The highest BCUT2D eigenvalue weighted by Crippen LogP contribution is 2.28. The van der Waals surface area contributed by atoms with Gasteiger partial charge in [0.1, 0.15) is 5.82 Å². The van der Waals surface area contributed by atoms with Crippen LogP contribution in [-0.4, -0.2) is 35.3 Å². The summed E-state index contributed by atoms with van der Waals surface area (Å²) in [7, 11) is 0. The molecule has 3 unspecified atom stereocenters. The molecule has 1 aliphatic rings. The van der Waals surface area contributed by atoms with E-state index in [4.69, 9.17) is 5.73 Å². The lowest BCUT2D eigenvalue weighted by Crippen LogP contribution is -2.60. The highest BCUT2D eigenvalue weighted by atomic mass is 19.1. The van der Waals surface area contributed by atoms with E-state index in [2.05, 4.69) is 5.32 Å². The summed E-state index contributed by atoms with van der Waals surface area (Å²) in [6, 6.07) is 4.98. The van der Waals surface area contributed by atoms with E-state index in [1.54, 1.807) is 17.0 Å². The first-order valence-electron chi connectivity index (χ1n) is 7.04. The Balaban J connectivity index is 2.37. The van der Waals surface area contributed by atoms with Gasteiger partial charge in [-0.15, -0.1) is 0 Å². The van der Waals surface area contributed by atoms with Gasteiger partial charge in [-0.05, 0) is 31.0 Å². The minimum atomic E-state index is -0.413. The number of carbonyl (C=O) groups excluding carboxylic acids is 2. The number of nitrogens with two attached hydrogens (primary N) is 1. The van der Waals surface area contributed by atoms with Crippen molar-refractivity contribution in [2.24, 2.45) is 5.73 Å². The molecule has 2 amide bonds. The number of rotatable bonds is 4. The minimum absolute atomic E-state index is 0.105. The van der Waals surface area contributed by atoms with Gasteiger partial charge in [0.25, 0.3) is 0 Å². The molecule has 1 heterocycles. The molecule has 1 aromatic carbocycles. The first-order valence-corrected chi connectivity index (χ1v) is 7.04. The van der Waals surface area contributed by atoms with Crippen molar-refractivity contribution in [1.82, 2.24) is 10.2 Å².